The van der Waals surface area contributed by atoms with Gasteiger partial charge in [-0.05, 0) is 26.7 Å². The molecule has 1 aromatic rings. The number of nitrogens with one attached hydrogen (secondary N) is 2. The molecule has 20 heavy (non-hydrogen) atoms. The Morgan fingerprint density at radius 2 is 2.40 bits per heavy atom. The molecule has 1 amide bonds. The summed E-state index contributed by atoms with van der Waals surface area (Å²) in [6, 6.07) is 0.0454. The fourth-order valence-corrected chi connectivity index (χ4v) is 3.25. The van der Waals surface area contributed by atoms with Gasteiger partial charge in [0.15, 0.2) is 5.16 Å². The second-order valence-corrected chi connectivity index (χ2v) is 5.91. The van der Waals surface area contributed by atoms with Crippen LogP contribution in [0.25, 0.3) is 0 Å². The van der Waals surface area contributed by atoms with Crippen LogP contribution >= 0.6 is 11.8 Å². The smallest absolute Gasteiger partial charge is 0.344 e. The van der Waals surface area contributed by atoms with E-state index in [1.54, 1.807) is 4.57 Å². The van der Waals surface area contributed by atoms with Crippen molar-refractivity contribution in [2.45, 2.75) is 50.1 Å². The maximum atomic E-state index is 11.6. The third kappa shape index (κ3) is 3.22. The second kappa shape index (κ2) is 6.42. The molecule has 1 fully saturated rings. The summed E-state index contributed by atoms with van der Waals surface area (Å²) >= 11 is 1.45. The Morgan fingerprint density at radius 3 is 3.05 bits per heavy atom. The molecule has 2 heterocycles. The van der Waals surface area contributed by atoms with Crippen LogP contribution in [0.2, 0.25) is 0 Å². The summed E-state index contributed by atoms with van der Waals surface area (Å²) < 4.78 is 7.21. The van der Waals surface area contributed by atoms with Gasteiger partial charge in [0.1, 0.15) is 6.10 Å². The summed E-state index contributed by atoms with van der Waals surface area (Å²) in [4.78, 5) is 22.9. The van der Waals surface area contributed by atoms with Crippen molar-refractivity contribution in [3.05, 3.63) is 10.5 Å². The van der Waals surface area contributed by atoms with Gasteiger partial charge in [-0.25, -0.2) is 15.7 Å². The van der Waals surface area contributed by atoms with Gasteiger partial charge in [-0.15, -0.1) is 5.10 Å². The van der Waals surface area contributed by atoms with Crippen LogP contribution in [-0.2, 0) is 9.53 Å². The lowest BCUT2D eigenvalue weighted by atomic mass is 10.2. The average Bonchev–Trinajstić information content (AvgIpc) is 3.02. The van der Waals surface area contributed by atoms with Crippen molar-refractivity contribution >= 4 is 17.7 Å². The van der Waals surface area contributed by atoms with Crippen molar-refractivity contribution in [3.8, 4) is 0 Å². The number of hydrogen-bond donors (Lipinski definition) is 3. The highest BCUT2D eigenvalue weighted by Crippen LogP contribution is 2.26. The van der Waals surface area contributed by atoms with E-state index in [4.69, 9.17) is 10.6 Å². The summed E-state index contributed by atoms with van der Waals surface area (Å²) in [5, 5.41) is 7.09. The molecule has 0 bridgehead atoms. The lowest BCUT2D eigenvalue weighted by molar-refractivity contribution is -0.131. The van der Waals surface area contributed by atoms with Crippen LogP contribution in [0.5, 0.6) is 0 Å². The number of H-pyrrole nitrogens is 1. The maximum Gasteiger partial charge on any atom is 0.344 e. The largest absolute Gasteiger partial charge is 0.364 e. The van der Waals surface area contributed by atoms with E-state index in [9.17, 15) is 9.59 Å². The third-order valence-electron chi connectivity index (χ3n) is 3.13. The molecule has 1 saturated heterocycles. The Bertz CT molecular complexity index is 526. The number of aromatic nitrogens is 3. The number of hydrazine groups is 1. The minimum absolute atomic E-state index is 0.0327. The van der Waals surface area contributed by atoms with Crippen LogP contribution in [0.15, 0.2) is 9.95 Å². The lowest BCUT2D eigenvalue weighted by Crippen LogP contribution is -2.39. The predicted octanol–water partition coefficient (Wildman–Crippen LogP) is -0.218. The fourth-order valence-electron chi connectivity index (χ4n) is 2.13. The highest BCUT2D eigenvalue weighted by atomic mass is 32.2. The number of nitrogens with two attached hydrogens (primary N) is 1. The SMILES string of the molecule is CC(C)n1c(SCC2CCC(C(=O)NN)O2)n[nH]c1=O. The zero-order chi connectivity index (χ0) is 14.7. The van der Waals surface area contributed by atoms with Crippen LogP contribution in [0.3, 0.4) is 0 Å². The molecule has 1 aliphatic heterocycles. The number of rotatable bonds is 5. The number of amides is 1. The van der Waals surface area contributed by atoms with Crippen LogP contribution < -0.4 is 17.0 Å². The normalized spacial score (nSPS) is 22.4. The van der Waals surface area contributed by atoms with Gasteiger partial charge in [0.25, 0.3) is 5.91 Å². The molecule has 0 aromatic carbocycles. The van der Waals surface area contributed by atoms with Crippen LogP contribution in [0, 0.1) is 0 Å². The van der Waals surface area contributed by atoms with Crippen molar-refractivity contribution in [2.75, 3.05) is 5.75 Å². The number of aromatic amines is 1. The quantitative estimate of drug-likeness (QED) is 0.300. The van der Waals surface area contributed by atoms with Crippen molar-refractivity contribution in [1.82, 2.24) is 20.2 Å². The highest BCUT2D eigenvalue weighted by Gasteiger charge is 2.30. The Morgan fingerprint density at radius 1 is 1.65 bits per heavy atom. The monoisotopic (exact) mass is 301 g/mol. The van der Waals surface area contributed by atoms with Gasteiger partial charge in [-0.2, -0.15) is 0 Å². The standard InChI is InChI=1S/C11H19N5O3S/c1-6(2)16-10(18)14-15-11(16)20-5-7-3-4-8(19-7)9(17)13-12/h6-8H,3-5,12H2,1-2H3,(H,13,17)(H,14,18). The molecular weight excluding hydrogens is 282 g/mol. The summed E-state index contributed by atoms with van der Waals surface area (Å²) in [5.74, 6) is 5.43. The topological polar surface area (TPSA) is 115 Å². The number of thioether (sulfide) groups is 1. The molecule has 8 nitrogen and oxygen atoms in total. The van der Waals surface area contributed by atoms with Crippen LogP contribution in [0.4, 0.5) is 0 Å². The molecule has 0 radical (unpaired) electrons. The van der Waals surface area contributed by atoms with Gasteiger partial charge in [-0.3, -0.25) is 14.8 Å². The molecule has 1 aromatic heterocycles. The zero-order valence-electron chi connectivity index (χ0n) is 11.5. The van der Waals surface area contributed by atoms with Crippen molar-refractivity contribution in [3.63, 3.8) is 0 Å². The van der Waals surface area contributed by atoms with Crippen LogP contribution in [-0.4, -0.2) is 38.6 Å². The second-order valence-electron chi connectivity index (χ2n) is 4.92. The first kappa shape index (κ1) is 15.1. The van der Waals surface area contributed by atoms with E-state index in [-0.39, 0.29) is 23.7 Å². The molecule has 2 rings (SSSR count). The fraction of sp³-hybridized carbons (Fsp3) is 0.727. The number of hydrogen-bond acceptors (Lipinski definition) is 6. The van der Waals surface area contributed by atoms with Gasteiger partial charge in [0.2, 0.25) is 0 Å². The first-order chi connectivity index (χ1) is 9.52. The van der Waals surface area contributed by atoms with E-state index in [0.29, 0.717) is 17.3 Å². The lowest BCUT2D eigenvalue weighted by Gasteiger charge is -2.13. The first-order valence-corrected chi connectivity index (χ1v) is 7.47. The van der Waals surface area contributed by atoms with E-state index >= 15 is 0 Å². The number of carbonyl (C=O) groups excluding carboxylic acids is 1. The maximum absolute atomic E-state index is 11.6. The summed E-state index contributed by atoms with van der Waals surface area (Å²) in [6.07, 6.45) is 0.944. The molecule has 0 saturated carbocycles. The Kier molecular flexibility index (Phi) is 4.84. The number of ether oxygens (including phenoxy) is 1. The van der Waals surface area contributed by atoms with Gasteiger partial charge in [0, 0.05) is 11.8 Å². The molecular formula is C11H19N5O3S. The van der Waals surface area contributed by atoms with E-state index in [1.807, 2.05) is 13.8 Å². The van der Waals surface area contributed by atoms with E-state index in [0.717, 1.165) is 6.42 Å². The van der Waals surface area contributed by atoms with Gasteiger partial charge in [-0.1, -0.05) is 11.8 Å². The molecule has 4 N–H and O–H groups in total. The van der Waals surface area contributed by atoms with Crippen LogP contribution in [0.1, 0.15) is 32.7 Å². The minimum atomic E-state index is -0.475. The summed E-state index contributed by atoms with van der Waals surface area (Å²) in [7, 11) is 0. The van der Waals surface area contributed by atoms with E-state index in [2.05, 4.69) is 15.6 Å². The van der Waals surface area contributed by atoms with E-state index in [1.165, 1.54) is 11.8 Å². The average molecular weight is 301 g/mol. The van der Waals surface area contributed by atoms with Crippen molar-refractivity contribution in [2.24, 2.45) is 5.84 Å². The molecule has 0 spiro atoms. The van der Waals surface area contributed by atoms with Gasteiger partial charge < -0.3 is 4.74 Å². The third-order valence-corrected chi connectivity index (χ3v) is 4.21. The van der Waals surface area contributed by atoms with Gasteiger partial charge >= 0.3 is 5.69 Å². The first-order valence-electron chi connectivity index (χ1n) is 6.48. The molecule has 2 atom stereocenters. The van der Waals surface area contributed by atoms with E-state index < -0.39 is 6.10 Å². The Labute approximate surface area is 120 Å². The van der Waals surface area contributed by atoms with Gasteiger partial charge in [0.05, 0.1) is 6.10 Å². The highest BCUT2D eigenvalue weighted by molar-refractivity contribution is 7.99. The summed E-state index contributed by atoms with van der Waals surface area (Å²) in [6.45, 7) is 3.85. The van der Waals surface area contributed by atoms with Crippen molar-refractivity contribution < 1.29 is 9.53 Å². The molecule has 9 heteroatoms. The zero-order valence-corrected chi connectivity index (χ0v) is 12.3. The Balaban J connectivity index is 1.91. The molecule has 2 unspecified atom stereocenters. The minimum Gasteiger partial charge on any atom is -0.364 e. The molecule has 112 valence electrons. The van der Waals surface area contributed by atoms with Crippen molar-refractivity contribution in [1.29, 1.82) is 0 Å². The number of nitrogens with zero attached hydrogens (tertiary/aromatic N) is 2. The molecule has 0 aliphatic carbocycles. The Hall–Kier alpha value is -1.32. The number of carbonyl (C=O) groups is 1. The summed E-state index contributed by atoms with van der Waals surface area (Å²) in [5.41, 5.74) is 1.88. The molecule has 1 aliphatic rings. The predicted molar refractivity (Wildman–Crippen MR) is 74.2 cm³/mol.